The lowest BCUT2D eigenvalue weighted by Gasteiger charge is -2.26. The van der Waals surface area contributed by atoms with Crippen LogP contribution in [0.4, 0.5) is 0 Å². The lowest BCUT2D eigenvalue weighted by Crippen LogP contribution is -2.31. The van der Waals surface area contributed by atoms with E-state index in [0.29, 0.717) is 11.5 Å². The summed E-state index contributed by atoms with van der Waals surface area (Å²) in [5.74, 6) is 0.711. The number of carbonyl (C=O) groups excluding carboxylic acids is 1. The molecule has 0 bridgehead atoms. The second-order valence-electron chi connectivity index (χ2n) is 3.98. The number of rotatable bonds is 2. The largest absolute Gasteiger partial charge is 0.493 e. The van der Waals surface area contributed by atoms with Gasteiger partial charge in [0.15, 0.2) is 0 Å². The van der Waals surface area contributed by atoms with Crippen LogP contribution in [0, 0.1) is 0 Å². The second-order valence-corrected chi connectivity index (χ2v) is 4.77. The van der Waals surface area contributed by atoms with E-state index in [0.717, 1.165) is 29.3 Å². The van der Waals surface area contributed by atoms with Crippen molar-refractivity contribution in [2.75, 3.05) is 6.61 Å². The monoisotopic (exact) mass is 261 g/mol. The zero-order chi connectivity index (χ0) is 12.4. The molecular formula is C12H11N3O2S. The van der Waals surface area contributed by atoms with Gasteiger partial charge in [0.2, 0.25) is 0 Å². The fourth-order valence-electron chi connectivity index (χ4n) is 1.99. The zero-order valence-electron chi connectivity index (χ0n) is 9.50. The van der Waals surface area contributed by atoms with E-state index in [9.17, 15) is 4.79 Å². The van der Waals surface area contributed by atoms with E-state index < -0.39 is 0 Å². The number of hydrogen-bond acceptors (Lipinski definition) is 5. The molecule has 5 nitrogen and oxygen atoms in total. The van der Waals surface area contributed by atoms with Crippen molar-refractivity contribution in [1.29, 1.82) is 0 Å². The number of aromatic nitrogens is 2. The highest BCUT2D eigenvalue weighted by molar-refractivity contribution is 7.07. The number of carbonyl (C=O) groups is 1. The molecule has 0 spiro atoms. The van der Waals surface area contributed by atoms with Gasteiger partial charge in [-0.25, -0.2) is 0 Å². The number of amides is 1. The maximum absolute atomic E-state index is 12.0. The van der Waals surface area contributed by atoms with Gasteiger partial charge in [-0.3, -0.25) is 4.79 Å². The fourth-order valence-corrected chi connectivity index (χ4v) is 2.41. The normalized spacial score (nSPS) is 17.7. The maximum atomic E-state index is 12.0. The van der Waals surface area contributed by atoms with Crippen molar-refractivity contribution in [1.82, 2.24) is 14.9 Å². The highest BCUT2D eigenvalue weighted by atomic mass is 32.1. The molecule has 0 radical (unpaired) electrons. The molecule has 1 amide bonds. The maximum Gasteiger partial charge on any atom is 0.265 e. The smallest absolute Gasteiger partial charge is 0.265 e. The minimum Gasteiger partial charge on any atom is -0.493 e. The Morgan fingerprint density at radius 3 is 3.17 bits per heavy atom. The topological polar surface area (TPSA) is 64.1 Å². The third-order valence-electron chi connectivity index (χ3n) is 2.85. The first kappa shape index (κ1) is 11.2. The Hall–Kier alpha value is -1.95. The van der Waals surface area contributed by atoms with Gasteiger partial charge in [-0.15, -0.1) is 5.10 Å². The summed E-state index contributed by atoms with van der Waals surface area (Å²) in [6.45, 7) is 0.614. The van der Waals surface area contributed by atoms with Crippen LogP contribution < -0.4 is 10.1 Å². The number of nitrogens with one attached hydrogen (secondary N) is 1. The number of hydrogen-bond donors (Lipinski definition) is 1. The third kappa shape index (κ3) is 2.06. The van der Waals surface area contributed by atoms with Crippen LogP contribution in [0.25, 0.3) is 0 Å². The quantitative estimate of drug-likeness (QED) is 0.895. The summed E-state index contributed by atoms with van der Waals surface area (Å²) < 4.78 is 9.24. The molecule has 1 N–H and O–H groups in total. The molecule has 0 saturated carbocycles. The molecule has 0 saturated heterocycles. The average Bonchev–Trinajstić information content (AvgIpc) is 2.93. The van der Waals surface area contributed by atoms with Gasteiger partial charge in [-0.1, -0.05) is 22.7 Å². The van der Waals surface area contributed by atoms with Crippen LogP contribution in [0.3, 0.4) is 0 Å². The zero-order valence-corrected chi connectivity index (χ0v) is 10.3. The Kier molecular flexibility index (Phi) is 2.93. The minimum atomic E-state index is -0.133. The van der Waals surface area contributed by atoms with Gasteiger partial charge in [0, 0.05) is 12.0 Å². The number of fused-ring (bicyclic) bond motifs is 1. The van der Waals surface area contributed by atoms with Crippen LogP contribution in [0.15, 0.2) is 30.5 Å². The molecule has 6 heteroatoms. The Labute approximate surface area is 108 Å². The summed E-state index contributed by atoms with van der Waals surface area (Å²) >= 11 is 1.10. The van der Waals surface area contributed by atoms with Crippen molar-refractivity contribution in [3.05, 3.63) is 40.9 Å². The molecule has 1 atom stereocenters. The molecule has 1 aromatic carbocycles. The van der Waals surface area contributed by atoms with Crippen LogP contribution in [0.5, 0.6) is 5.75 Å². The summed E-state index contributed by atoms with van der Waals surface area (Å²) in [7, 11) is 0. The molecule has 1 unspecified atom stereocenters. The van der Waals surface area contributed by atoms with E-state index in [1.165, 1.54) is 6.20 Å². The third-order valence-corrected chi connectivity index (χ3v) is 3.51. The van der Waals surface area contributed by atoms with Crippen molar-refractivity contribution < 1.29 is 9.53 Å². The van der Waals surface area contributed by atoms with E-state index in [-0.39, 0.29) is 11.9 Å². The van der Waals surface area contributed by atoms with Gasteiger partial charge < -0.3 is 10.1 Å². The van der Waals surface area contributed by atoms with E-state index in [4.69, 9.17) is 4.74 Å². The van der Waals surface area contributed by atoms with Gasteiger partial charge in [0.05, 0.1) is 18.8 Å². The van der Waals surface area contributed by atoms with Crippen molar-refractivity contribution >= 4 is 17.4 Å². The first-order chi connectivity index (χ1) is 8.84. The molecule has 18 heavy (non-hydrogen) atoms. The van der Waals surface area contributed by atoms with Gasteiger partial charge in [0.25, 0.3) is 5.91 Å². The molecule has 92 valence electrons. The number of nitrogens with zero attached hydrogens (tertiary/aromatic N) is 2. The Bertz CT molecular complexity index is 556. The predicted molar refractivity (Wildman–Crippen MR) is 66.7 cm³/mol. The van der Waals surface area contributed by atoms with E-state index >= 15 is 0 Å². The molecule has 3 rings (SSSR count). The summed E-state index contributed by atoms with van der Waals surface area (Å²) in [5, 5.41) is 6.65. The molecule has 0 fully saturated rings. The van der Waals surface area contributed by atoms with Gasteiger partial charge in [-0.2, -0.15) is 0 Å². The lowest BCUT2D eigenvalue weighted by atomic mass is 10.0. The molecule has 2 heterocycles. The average molecular weight is 261 g/mol. The van der Waals surface area contributed by atoms with Crippen LogP contribution in [0.2, 0.25) is 0 Å². The Morgan fingerprint density at radius 2 is 2.33 bits per heavy atom. The van der Waals surface area contributed by atoms with Crippen LogP contribution in [-0.2, 0) is 0 Å². The fraction of sp³-hybridized carbons (Fsp3) is 0.250. The molecule has 0 aliphatic carbocycles. The lowest BCUT2D eigenvalue weighted by molar-refractivity contribution is 0.0928. The Balaban J connectivity index is 1.80. The SMILES string of the molecule is O=C(NC1CCOc2ccccc21)c1cnns1. The summed E-state index contributed by atoms with van der Waals surface area (Å²) in [6, 6.07) is 7.76. The highest BCUT2D eigenvalue weighted by Crippen LogP contribution is 2.31. The standard InChI is InChI=1S/C12H11N3O2S/c16-12(11-7-13-15-18-11)14-9-5-6-17-10-4-2-1-3-8(9)10/h1-4,7,9H,5-6H2,(H,14,16). The van der Waals surface area contributed by atoms with Crippen LogP contribution in [0.1, 0.15) is 27.7 Å². The molecule has 2 aromatic rings. The first-order valence-corrected chi connectivity index (χ1v) is 6.42. The van der Waals surface area contributed by atoms with Gasteiger partial charge in [-0.05, 0) is 17.6 Å². The van der Waals surface area contributed by atoms with E-state index in [1.807, 2.05) is 24.3 Å². The van der Waals surface area contributed by atoms with Crippen molar-refractivity contribution in [3.8, 4) is 5.75 Å². The van der Waals surface area contributed by atoms with Gasteiger partial charge in [0.1, 0.15) is 10.6 Å². The van der Waals surface area contributed by atoms with E-state index in [1.54, 1.807) is 0 Å². The predicted octanol–water partition coefficient (Wildman–Crippen LogP) is 1.79. The van der Waals surface area contributed by atoms with Crippen molar-refractivity contribution in [2.24, 2.45) is 0 Å². The molecular weight excluding hydrogens is 250 g/mol. The van der Waals surface area contributed by atoms with Crippen molar-refractivity contribution in [3.63, 3.8) is 0 Å². The van der Waals surface area contributed by atoms with Crippen molar-refractivity contribution in [2.45, 2.75) is 12.5 Å². The number of benzene rings is 1. The molecule has 1 aliphatic heterocycles. The number of para-hydroxylation sites is 1. The summed E-state index contributed by atoms with van der Waals surface area (Å²) in [4.78, 5) is 12.5. The van der Waals surface area contributed by atoms with Crippen LogP contribution in [-0.4, -0.2) is 22.1 Å². The van der Waals surface area contributed by atoms with E-state index in [2.05, 4.69) is 14.9 Å². The molecule has 1 aromatic heterocycles. The Morgan fingerprint density at radius 1 is 1.44 bits per heavy atom. The summed E-state index contributed by atoms with van der Waals surface area (Å²) in [6.07, 6.45) is 2.25. The second kappa shape index (κ2) is 4.73. The molecule has 1 aliphatic rings. The van der Waals surface area contributed by atoms with Crippen LogP contribution >= 0.6 is 11.5 Å². The number of ether oxygens (including phenoxy) is 1. The minimum absolute atomic E-state index is 0.00968. The first-order valence-electron chi connectivity index (χ1n) is 5.64. The van der Waals surface area contributed by atoms with Gasteiger partial charge >= 0.3 is 0 Å². The summed E-state index contributed by atoms with van der Waals surface area (Å²) in [5.41, 5.74) is 1.02. The highest BCUT2D eigenvalue weighted by Gasteiger charge is 2.23.